The van der Waals surface area contributed by atoms with Crippen LogP contribution in [-0.4, -0.2) is 35.7 Å². The van der Waals surface area contributed by atoms with E-state index in [4.69, 9.17) is 9.47 Å². The Balaban J connectivity index is 2.15. The van der Waals surface area contributed by atoms with Gasteiger partial charge < -0.3 is 14.2 Å². The Bertz CT molecular complexity index is 893. The van der Waals surface area contributed by atoms with Crippen molar-refractivity contribution in [2.45, 2.75) is 18.7 Å². The molecule has 27 heavy (non-hydrogen) atoms. The Kier molecular flexibility index (Phi) is 6.81. The molecule has 0 amide bonds. The molecule has 2 aromatic rings. The first kappa shape index (κ1) is 20.7. The molecule has 0 fully saturated rings. The van der Waals surface area contributed by atoms with Crippen LogP contribution in [-0.2, 0) is 20.5 Å². The summed E-state index contributed by atoms with van der Waals surface area (Å²) in [7, 11) is 0.726. The third-order valence-electron chi connectivity index (χ3n) is 3.99. The maximum atomic E-state index is 12.5. The molecule has 2 aromatic carbocycles. The molecule has 1 N–H and O–H groups in total. The number of nitrogens with one attached hydrogen (secondary N) is 1. The second-order valence-electron chi connectivity index (χ2n) is 5.90. The van der Waals surface area contributed by atoms with Gasteiger partial charge in [0.05, 0.1) is 32.6 Å². The summed E-state index contributed by atoms with van der Waals surface area (Å²) in [5.74, 6) is 0.482. The third kappa shape index (κ3) is 5.45. The molecule has 0 aliphatic carbocycles. The Morgan fingerprint density at radius 3 is 2.26 bits per heavy atom. The molecule has 0 spiro atoms. The summed E-state index contributed by atoms with van der Waals surface area (Å²) in [4.78, 5) is 11.5. The monoisotopic (exact) mass is 393 g/mol. The molecule has 2 rings (SSSR count). The third-order valence-corrected chi connectivity index (χ3v) is 5.42. The number of carbonyl (C=O) groups excluding carboxylic acids is 1. The average Bonchev–Trinajstić information content (AvgIpc) is 2.66. The zero-order valence-corrected chi connectivity index (χ0v) is 16.5. The highest BCUT2D eigenvalue weighted by Crippen LogP contribution is 2.29. The number of carbonyl (C=O) groups is 1. The van der Waals surface area contributed by atoms with E-state index in [9.17, 15) is 13.2 Å². The molecule has 146 valence electrons. The Labute approximate surface area is 159 Å². The van der Waals surface area contributed by atoms with Crippen molar-refractivity contribution in [1.29, 1.82) is 0 Å². The number of rotatable bonds is 8. The lowest BCUT2D eigenvalue weighted by Crippen LogP contribution is -2.28. The van der Waals surface area contributed by atoms with Gasteiger partial charge in [0.25, 0.3) is 0 Å². The van der Waals surface area contributed by atoms with E-state index in [0.29, 0.717) is 28.2 Å². The number of methoxy groups -OCH3 is 3. The van der Waals surface area contributed by atoms with Gasteiger partial charge >= 0.3 is 5.97 Å². The largest absolute Gasteiger partial charge is 0.497 e. The van der Waals surface area contributed by atoms with Crippen molar-refractivity contribution in [1.82, 2.24) is 4.72 Å². The van der Waals surface area contributed by atoms with Gasteiger partial charge in [0.2, 0.25) is 10.0 Å². The van der Waals surface area contributed by atoms with Crippen molar-refractivity contribution >= 4 is 16.0 Å². The van der Waals surface area contributed by atoms with Gasteiger partial charge in [-0.3, -0.25) is 0 Å². The number of hydrogen-bond donors (Lipinski definition) is 1. The van der Waals surface area contributed by atoms with E-state index in [2.05, 4.69) is 9.46 Å². The van der Waals surface area contributed by atoms with E-state index < -0.39 is 22.0 Å². The van der Waals surface area contributed by atoms with Gasteiger partial charge in [0, 0.05) is 11.6 Å². The van der Waals surface area contributed by atoms with Gasteiger partial charge in [-0.25, -0.2) is 17.9 Å². The van der Waals surface area contributed by atoms with Crippen LogP contribution in [0.4, 0.5) is 0 Å². The number of sulfonamides is 1. The summed E-state index contributed by atoms with van der Waals surface area (Å²) in [5.41, 5.74) is 1.59. The lowest BCUT2D eigenvalue weighted by atomic mass is 10.1. The van der Waals surface area contributed by atoms with Crippen LogP contribution in [0, 0.1) is 0 Å². The molecular formula is C19H23NO6S. The van der Waals surface area contributed by atoms with Crippen LogP contribution in [0.2, 0.25) is 0 Å². The highest BCUT2D eigenvalue weighted by Gasteiger charge is 2.20. The molecule has 8 heteroatoms. The number of ether oxygens (including phenoxy) is 3. The van der Waals surface area contributed by atoms with Gasteiger partial charge in [-0.2, -0.15) is 0 Å². The van der Waals surface area contributed by atoms with Crippen molar-refractivity contribution in [3.8, 4) is 11.5 Å². The van der Waals surface area contributed by atoms with Crippen molar-refractivity contribution < 1.29 is 27.4 Å². The van der Waals surface area contributed by atoms with E-state index >= 15 is 0 Å². The Morgan fingerprint density at radius 2 is 1.70 bits per heavy atom. The van der Waals surface area contributed by atoms with Gasteiger partial charge in [0.1, 0.15) is 11.5 Å². The minimum absolute atomic E-state index is 0.217. The molecule has 0 aromatic heterocycles. The lowest BCUT2D eigenvalue weighted by Gasteiger charge is -2.18. The SMILES string of the molecule is COC(=O)c1ccc(CS(=O)(=O)NC(C)c2cc(OC)ccc2OC)cc1. The smallest absolute Gasteiger partial charge is 0.337 e. The zero-order chi connectivity index (χ0) is 20.0. The quantitative estimate of drug-likeness (QED) is 0.694. The minimum Gasteiger partial charge on any atom is -0.497 e. The van der Waals surface area contributed by atoms with Gasteiger partial charge in [-0.1, -0.05) is 12.1 Å². The van der Waals surface area contributed by atoms with Crippen molar-refractivity contribution in [2.75, 3.05) is 21.3 Å². The van der Waals surface area contributed by atoms with Crippen LogP contribution in [0.15, 0.2) is 42.5 Å². The van der Waals surface area contributed by atoms with Crippen LogP contribution in [0.3, 0.4) is 0 Å². The number of esters is 1. The fourth-order valence-electron chi connectivity index (χ4n) is 2.63. The topological polar surface area (TPSA) is 90.9 Å². The predicted octanol–water partition coefficient (Wildman–Crippen LogP) is 2.67. The summed E-state index contributed by atoms with van der Waals surface area (Å²) >= 11 is 0. The molecule has 1 unspecified atom stereocenters. The van der Waals surface area contributed by atoms with E-state index in [1.165, 1.54) is 26.4 Å². The zero-order valence-electron chi connectivity index (χ0n) is 15.7. The first-order chi connectivity index (χ1) is 12.8. The summed E-state index contributed by atoms with van der Waals surface area (Å²) in [6, 6.07) is 10.9. The maximum absolute atomic E-state index is 12.5. The summed E-state index contributed by atoms with van der Waals surface area (Å²) in [6.45, 7) is 1.73. The van der Waals surface area contributed by atoms with E-state index in [1.807, 2.05) is 0 Å². The molecule has 0 radical (unpaired) electrons. The average molecular weight is 393 g/mol. The van der Waals surface area contributed by atoms with Crippen LogP contribution in [0.1, 0.15) is 34.5 Å². The molecule has 0 saturated carbocycles. The van der Waals surface area contributed by atoms with Crippen LogP contribution in [0.25, 0.3) is 0 Å². The normalized spacial score (nSPS) is 12.3. The maximum Gasteiger partial charge on any atom is 0.337 e. The van der Waals surface area contributed by atoms with E-state index in [0.717, 1.165) is 0 Å². The molecule has 0 heterocycles. The van der Waals surface area contributed by atoms with Crippen molar-refractivity contribution in [3.05, 3.63) is 59.2 Å². The van der Waals surface area contributed by atoms with Gasteiger partial charge in [-0.15, -0.1) is 0 Å². The molecule has 7 nitrogen and oxygen atoms in total. The first-order valence-electron chi connectivity index (χ1n) is 8.19. The van der Waals surface area contributed by atoms with Gasteiger partial charge in [0.15, 0.2) is 0 Å². The minimum atomic E-state index is -3.63. The molecule has 0 saturated heterocycles. The summed E-state index contributed by atoms with van der Waals surface area (Å²) in [6.07, 6.45) is 0. The first-order valence-corrected chi connectivity index (χ1v) is 9.84. The Morgan fingerprint density at radius 1 is 1.04 bits per heavy atom. The molecule has 0 aliphatic heterocycles. The molecular weight excluding hydrogens is 370 g/mol. The lowest BCUT2D eigenvalue weighted by molar-refractivity contribution is 0.0600. The molecule has 0 aliphatic rings. The number of hydrogen-bond acceptors (Lipinski definition) is 6. The molecule has 0 bridgehead atoms. The standard InChI is InChI=1S/C19H23NO6S/c1-13(17-11-16(24-2)9-10-18(17)25-3)20-27(22,23)12-14-5-7-15(8-6-14)19(21)26-4/h5-11,13,20H,12H2,1-4H3. The summed E-state index contributed by atoms with van der Waals surface area (Å²) < 4.78 is 42.9. The van der Waals surface area contributed by atoms with Crippen molar-refractivity contribution in [3.63, 3.8) is 0 Å². The van der Waals surface area contributed by atoms with Crippen LogP contribution in [0.5, 0.6) is 11.5 Å². The van der Waals surface area contributed by atoms with E-state index in [-0.39, 0.29) is 5.75 Å². The van der Waals surface area contributed by atoms with Crippen molar-refractivity contribution in [2.24, 2.45) is 0 Å². The number of benzene rings is 2. The summed E-state index contributed by atoms with van der Waals surface area (Å²) in [5, 5.41) is 0. The predicted molar refractivity (Wildman–Crippen MR) is 102 cm³/mol. The highest BCUT2D eigenvalue weighted by atomic mass is 32.2. The fourth-order valence-corrected chi connectivity index (χ4v) is 4.01. The second-order valence-corrected chi connectivity index (χ2v) is 7.65. The highest BCUT2D eigenvalue weighted by molar-refractivity contribution is 7.88. The fraction of sp³-hybridized carbons (Fsp3) is 0.316. The van der Waals surface area contributed by atoms with Gasteiger partial charge in [-0.05, 0) is 42.8 Å². The van der Waals surface area contributed by atoms with Crippen LogP contribution >= 0.6 is 0 Å². The van der Waals surface area contributed by atoms with Crippen LogP contribution < -0.4 is 14.2 Å². The second kappa shape index (κ2) is 8.88. The molecule has 1 atom stereocenters. The Hall–Kier alpha value is -2.58. The van der Waals surface area contributed by atoms with E-state index in [1.54, 1.807) is 44.4 Å².